The Balaban J connectivity index is 2.22. The minimum Gasteiger partial charge on any atom is -0.384 e. The smallest absolute Gasteiger partial charge is 0.0542 e. The summed E-state index contributed by atoms with van der Waals surface area (Å²) in [5.41, 5.74) is 1.70. The molecule has 13 heavy (non-hydrogen) atoms. The van der Waals surface area contributed by atoms with E-state index < -0.39 is 0 Å². The first-order chi connectivity index (χ1) is 6.07. The third-order valence-corrected chi connectivity index (χ3v) is 2.74. The molecule has 1 nitrogen and oxygen atoms in total. The second-order valence-electron chi connectivity index (χ2n) is 4.86. The van der Waals surface area contributed by atoms with Crippen molar-refractivity contribution in [2.75, 3.05) is 0 Å². The Labute approximate surface area is 80.2 Å². The maximum atomic E-state index is 3.35. The van der Waals surface area contributed by atoms with Gasteiger partial charge < -0.3 is 5.32 Å². The number of hydrogen-bond acceptors (Lipinski definition) is 1. The van der Waals surface area contributed by atoms with Crippen molar-refractivity contribution in [2.24, 2.45) is 11.3 Å². The van der Waals surface area contributed by atoms with Gasteiger partial charge in [0, 0.05) is 5.92 Å². The van der Waals surface area contributed by atoms with Crippen molar-refractivity contribution in [3.63, 3.8) is 0 Å². The van der Waals surface area contributed by atoms with E-state index in [1.807, 2.05) is 0 Å². The third kappa shape index (κ3) is 1.55. The molecule has 1 aliphatic heterocycles. The number of rotatable bonds is 0. The monoisotopic (exact) mass is 175 g/mol. The van der Waals surface area contributed by atoms with Gasteiger partial charge in [-0.15, -0.1) is 0 Å². The molecule has 2 rings (SSSR count). The van der Waals surface area contributed by atoms with Crippen LogP contribution in [0, 0.1) is 11.3 Å². The molecule has 0 radical (unpaired) electrons. The van der Waals surface area contributed by atoms with Gasteiger partial charge in [0.05, 0.1) is 6.04 Å². The van der Waals surface area contributed by atoms with Crippen LogP contribution in [-0.2, 0) is 0 Å². The first kappa shape index (κ1) is 8.61. The predicted octanol–water partition coefficient (Wildman–Crippen LogP) is 2.63. The first-order valence-electron chi connectivity index (χ1n) is 4.90. The van der Waals surface area contributed by atoms with E-state index >= 15 is 0 Å². The zero-order valence-corrected chi connectivity index (χ0v) is 8.54. The largest absolute Gasteiger partial charge is 0.384 e. The van der Waals surface area contributed by atoms with Crippen molar-refractivity contribution in [3.8, 4) is 0 Å². The van der Waals surface area contributed by atoms with Crippen LogP contribution in [0.25, 0.3) is 0 Å². The van der Waals surface area contributed by atoms with Gasteiger partial charge in [0.15, 0.2) is 0 Å². The van der Waals surface area contributed by atoms with E-state index in [1.54, 1.807) is 0 Å². The summed E-state index contributed by atoms with van der Waals surface area (Å²) in [5.74, 6) is 0.575. The molecule has 0 saturated carbocycles. The summed E-state index contributed by atoms with van der Waals surface area (Å²) in [6, 6.07) is 0.499. The lowest BCUT2D eigenvalue weighted by Crippen LogP contribution is -2.27. The lowest BCUT2D eigenvalue weighted by Gasteiger charge is -2.27. The molecule has 1 heteroatoms. The summed E-state index contributed by atoms with van der Waals surface area (Å²) in [6.45, 7) is 6.77. The van der Waals surface area contributed by atoms with Gasteiger partial charge in [0.1, 0.15) is 0 Å². The number of hydrogen-bond donors (Lipinski definition) is 1. The maximum Gasteiger partial charge on any atom is 0.0542 e. The molecule has 0 fully saturated rings. The van der Waals surface area contributed by atoms with Crippen molar-refractivity contribution in [2.45, 2.75) is 26.8 Å². The molecule has 0 aromatic carbocycles. The average Bonchev–Trinajstić information content (AvgIpc) is 2.47. The summed E-state index contributed by atoms with van der Waals surface area (Å²) in [6.07, 6.45) is 11.2. The van der Waals surface area contributed by atoms with Crippen LogP contribution in [0.15, 0.2) is 36.1 Å². The molecular formula is C12H17N. The predicted molar refractivity (Wildman–Crippen MR) is 56.2 cm³/mol. The fourth-order valence-electron chi connectivity index (χ4n) is 1.82. The summed E-state index contributed by atoms with van der Waals surface area (Å²) in [7, 11) is 0. The van der Waals surface area contributed by atoms with Crippen LogP contribution in [0.2, 0.25) is 0 Å². The van der Waals surface area contributed by atoms with Crippen LogP contribution < -0.4 is 5.32 Å². The van der Waals surface area contributed by atoms with Crippen LogP contribution >= 0.6 is 0 Å². The lowest BCUT2D eigenvalue weighted by atomic mass is 9.80. The quantitative estimate of drug-likeness (QED) is 0.597. The molecule has 0 aromatic heterocycles. The highest BCUT2D eigenvalue weighted by Crippen LogP contribution is 2.32. The van der Waals surface area contributed by atoms with E-state index in [2.05, 4.69) is 56.6 Å². The molecule has 1 heterocycles. The molecule has 2 unspecified atom stereocenters. The van der Waals surface area contributed by atoms with Crippen molar-refractivity contribution in [3.05, 3.63) is 36.1 Å². The van der Waals surface area contributed by atoms with Crippen molar-refractivity contribution in [1.29, 1.82) is 0 Å². The maximum absolute atomic E-state index is 3.35. The standard InChI is InChI=1S/C12H17N/c1-12(2,3)10-5-4-9-6-7-13-11(9)8-10/h4-9,11,13H,1-3H3. The Bertz CT molecular complexity index is 289. The third-order valence-electron chi connectivity index (χ3n) is 2.74. The summed E-state index contributed by atoms with van der Waals surface area (Å²) in [5, 5.41) is 3.35. The van der Waals surface area contributed by atoms with E-state index in [0.29, 0.717) is 12.0 Å². The molecule has 2 aliphatic rings. The van der Waals surface area contributed by atoms with Gasteiger partial charge in [-0.25, -0.2) is 0 Å². The van der Waals surface area contributed by atoms with Crippen molar-refractivity contribution >= 4 is 0 Å². The Morgan fingerprint density at radius 1 is 1.23 bits per heavy atom. The Hall–Kier alpha value is -0.980. The Kier molecular flexibility index (Phi) is 1.83. The topological polar surface area (TPSA) is 12.0 Å². The van der Waals surface area contributed by atoms with Crippen molar-refractivity contribution in [1.82, 2.24) is 5.32 Å². The van der Waals surface area contributed by atoms with Crippen LogP contribution in [0.5, 0.6) is 0 Å². The van der Waals surface area contributed by atoms with E-state index in [0.717, 1.165) is 0 Å². The SMILES string of the molecule is CC(C)(C)C1=CC2NC=CC2C=C1. The second kappa shape index (κ2) is 2.76. The zero-order chi connectivity index (χ0) is 9.47. The van der Waals surface area contributed by atoms with Crippen LogP contribution in [0.4, 0.5) is 0 Å². The highest BCUT2D eigenvalue weighted by molar-refractivity contribution is 5.35. The van der Waals surface area contributed by atoms with E-state index in [1.165, 1.54) is 5.57 Å². The summed E-state index contributed by atoms with van der Waals surface area (Å²) in [4.78, 5) is 0. The molecule has 0 amide bonds. The van der Waals surface area contributed by atoms with Gasteiger partial charge in [0.25, 0.3) is 0 Å². The molecule has 0 spiro atoms. The minimum absolute atomic E-state index is 0.270. The fraction of sp³-hybridized carbons (Fsp3) is 0.500. The van der Waals surface area contributed by atoms with Gasteiger partial charge in [-0.3, -0.25) is 0 Å². The molecule has 0 saturated heterocycles. The molecule has 2 atom stereocenters. The second-order valence-corrected chi connectivity index (χ2v) is 4.86. The van der Waals surface area contributed by atoms with Gasteiger partial charge in [-0.2, -0.15) is 0 Å². The Morgan fingerprint density at radius 3 is 2.69 bits per heavy atom. The normalized spacial score (nSPS) is 31.2. The lowest BCUT2D eigenvalue weighted by molar-refractivity contribution is 0.500. The fourth-order valence-corrected chi connectivity index (χ4v) is 1.82. The number of nitrogens with one attached hydrogen (secondary N) is 1. The highest BCUT2D eigenvalue weighted by Gasteiger charge is 2.25. The zero-order valence-electron chi connectivity index (χ0n) is 8.54. The summed E-state index contributed by atoms with van der Waals surface area (Å²) < 4.78 is 0. The van der Waals surface area contributed by atoms with Crippen LogP contribution in [0.3, 0.4) is 0 Å². The Morgan fingerprint density at radius 2 is 2.00 bits per heavy atom. The number of fused-ring (bicyclic) bond motifs is 1. The highest BCUT2D eigenvalue weighted by atomic mass is 14.9. The minimum atomic E-state index is 0.270. The first-order valence-corrected chi connectivity index (χ1v) is 4.90. The van der Waals surface area contributed by atoms with Gasteiger partial charge in [0.2, 0.25) is 0 Å². The van der Waals surface area contributed by atoms with E-state index in [-0.39, 0.29) is 5.41 Å². The molecule has 70 valence electrons. The molecule has 1 N–H and O–H groups in total. The molecule has 0 bridgehead atoms. The average molecular weight is 175 g/mol. The number of allylic oxidation sites excluding steroid dienone is 2. The molecular weight excluding hydrogens is 158 g/mol. The molecule has 1 aliphatic carbocycles. The molecule has 0 aromatic rings. The van der Waals surface area contributed by atoms with Crippen LogP contribution in [0.1, 0.15) is 20.8 Å². The van der Waals surface area contributed by atoms with E-state index in [9.17, 15) is 0 Å². The van der Waals surface area contributed by atoms with Crippen molar-refractivity contribution < 1.29 is 0 Å². The van der Waals surface area contributed by atoms with Gasteiger partial charge >= 0.3 is 0 Å². The van der Waals surface area contributed by atoms with Gasteiger partial charge in [-0.1, -0.05) is 45.1 Å². The van der Waals surface area contributed by atoms with E-state index in [4.69, 9.17) is 0 Å². The van der Waals surface area contributed by atoms with Crippen LogP contribution in [-0.4, -0.2) is 6.04 Å². The van der Waals surface area contributed by atoms with Gasteiger partial charge in [-0.05, 0) is 17.2 Å². The summed E-state index contributed by atoms with van der Waals surface area (Å²) >= 11 is 0.